The molecule has 4 heteroatoms. The van der Waals surface area contributed by atoms with Gasteiger partial charge < -0.3 is 5.11 Å². The monoisotopic (exact) mass is 258 g/mol. The predicted octanol–water partition coefficient (Wildman–Crippen LogP) is 3.28. The van der Waals surface area contributed by atoms with Crippen LogP contribution in [0.25, 0.3) is 11.1 Å². The molecular formula is C15H18N2O2. The summed E-state index contributed by atoms with van der Waals surface area (Å²) in [4.78, 5) is 11.1. The molecule has 0 unspecified atom stereocenters. The quantitative estimate of drug-likeness (QED) is 0.884. The lowest BCUT2D eigenvalue weighted by Crippen LogP contribution is -1.99. The van der Waals surface area contributed by atoms with Crippen LogP contribution in [0, 0.1) is 12.8 Å². The smallest absolute Gasteiger partial charge is 0.357 e. The number of aromatic carboxylic acids is 1. The van der Waals surface area contributed by atoms with Gasteiger partial charge >= 0.3 is 5.97 Å². The number of carboxylic acids is 1. The van der Waals surface area contributed by atoms with Gasteiger partial charge in [0.1, 0.15) is 0 Å². The second-order valence-electron chi connectivity index (χ2n) is 5.17. The molecule has 2 rings (SSSR count). The SMILES string of the molecule is Cc1[nH]nc(C(=O)O)c1-c1ccc(CC(C)C)cc1. The number of aryl methyl sites for hydroxylation is 1. The van der Waals surface area contributed by atoms with Crippen molar-refractivity contribution in [1.82, 2.24) is 10.2 Å². The maximum absolute atomic E-state index is 11.1. The molecule has 0 aliphatic heterocycles. The van der Waals surface area contributed by atoms with E-state index < -0.39 is 5.97 Å². The summed E-state index contributed by atoms with van der Waals surface area (Å²) in [5.74, 6) is -0.401. The molecule has 2 N–H and O–H groups in total. The van der Waals surface area contributed by atoms with Crippen LogP contribution in [-0.4, -0.2) is 21.3 Å². The van der Waals surface area contributed by atoms with Crippen LogP contribution >= 0.6 is 0 Å². The minimum atomic E-state index is -1.01. The highest BCUT2D eigenvalue weighted by atomic mass is 16.4. The summed E-state index contributed by atoms with van der Waals surface area (Å²) in [6.45, 7) is 6.18. The predicted molar refractivity (Wildman–Crippen MR) is 74.3 cm³/mol. The number of nitrogens with zero attached hydrogens (tertiary/aromatic N) is 1. The Balaban J connectivity index is 2.37. The van der Waals surface area contributed by atoms with Crippen LogP contribution in [0.2, 0.25) is 0 Å². The Kier molecular flexibility index (Phi) is 3.69. The fraction of sp³-hybridized carbons (Fsp3) is 0.333. The molecule has 0 fully saturated rings. The lowest BCUT2D eigenvalue weighted by Gasteiger charge is -2.07. The normalized spacial score (nSPS) is 10.9. The number of aromatic amines is 1. The summed E-state index contributed by atoms with van der Waals surface area (Å²) in [5, 5.41) is 15.7. The molecule has 0 spiro atoms. The zero-order chi connectivity index (χ0) is 14.0. The summed E-state index contributed by atoms with van der Waals surface area (Å²) in [5.41, 5.74) is 3.67. The van der Waals surface area contributed by atoms with Gasteiger partial charge in [0, 0.05) is 11.3 Å². The van der Waals surface area contributed by atoms with Gasteiger partial charge in [-0.3, -0.25) is 5.10 Å². The van der Waals surface area contributed by atoms with Crippen LogP contribution in [-0.2, 0) is 6.42 Å². The number of nitrogens with one attached hydrogen (secondary N) is 1. The first kappa shape index (κ1) is 13.3. The van der Waals surface area contributed by atoms with E-state index in [2.05, 4.69) is 24.0 Å². The van der Waals surface area contributed by atoms with Crippen molar-refractivity contribution in [3.8, 4) is 11.1 Å². The zero-order valence-electron chi connectivity index (χ0n) is 11.4. The molecule has 0 bridgehead atoms. The van der Waals surface area contributed by atoms with Gasteiger partial charge in [0.2, 0.25) is 0 Å². The van der Waals surface area contributed by atoms with Gasteiger partial charge in [0.25, 0.3) is 0 Å². The van der Waals surface area contributed by atoms with E-state index in [0.29, 0.717) is 11.5 Å². The molecule has 1 heterocycles. The van der Waals surface area contributed by atoms with E-state index in [-0.39, 0.29) is 5.69 Å². The van der Waals surface area contributed by atoms with Crippen LogP contribution in [0.4, 0.5) is 0 Å². The highest BCUT2D eigenvalue weighted by Gasteiger charge is 2.17. The molecule has 100 valence electrons. The Bertz CT molecular complexity index is 583. The van der Waals surface area contributed by atoms with Gasteiger partial charge in [-0.2, -0.15) is 5.10 Å². The third kappa shape index (κ3) is 2.84. The number of aromatic nitrogens is 2. The summed E-state index contributed by atoms with van der Waals surface area (Å²) in [6.07, 6.45) is 1.02. The number of H-pyrrole nitrogens is 1. The molecule has 19 heavy (non-hydrogen) atoms. The van der Waals surface area contributed by atoms with E-state index in [1.54, 1.807) is 0 Å². The molecule has 0 amide bonds. The van der Waals surface area contributed by atoms with Crippen molar-refractivity contribution < 1.29 is 9.90 Å². The van der Waals surface area contributed by atoms with E-state index in [1.165, 1.54) is 5.56 Å². The molecule has 0 saturated heterocycles. The molecule has 0 aliphatic rings. The maximum atomic E-state index is 11.1. The van der Waals surface area contributed by atoms with Crippen LogP contribution in [0.1, 0.15) is 35.6 Å². The van der Waals surface area contributed by atoms with Crippen molar-refractivity contribution >= 4 is 5.97 Å². The van der Waals surface area contributed by atoms with Crippen LogP contribution < -0.4 is 0 Å². The van der Waals surface area contributed by atoms with E-state index in [0.717, 1.165) is 17.7 Å². The number of carbonyl (C=O) groups is 1. The van der Waals surface area contributed by atoms with E-state index in [9.17, 15) is 4.79 Å². The van der Waals surface area contributed by atoms with Crippen LogP contribution in [0.15, 0.2) is 24.3 Å². The van der Waals surface area contributed by atoms with Crippen molar-refractivity contribution in [2.24, 2.45) is 5.92 Å². The Morgan fingerprint density at radius 2 is 1.95 bits per heavy atom. The second kappa shape index (κ2) is 5.26. The van der Waals surface area contributed by atoms with E-state index in [1.807, 2.05) is 31.2 Å². The molecule has 0 saturated carbocycles. The fourth-order valence-electron chi connectivity index (χ4n) is 2.22. The molecule has 1 aromatic heterocycles. The highest BCUT2D eigenvalue weighted by Crippen LogP contribution is 2.26. The molecular weight excluding hydrogens is 240 g/mol. The number of hydrogen-bond donors (Lipinski definition) is 2. The first-order valence-electron chi connectivity index (χ1n) is 6.36. The standard InChI is InChI=1S/C15H18N2O2/c1-9(2)8-11-4-6-12(7-5-11)13-10(3)16-17-14(13)15(18)19/h4-7,9H,8H2,1-3H3,(H,16,17)(H,18,19). The Morgan fingerprint density at radius 3 is 2.47 bits per heavy atom. The average Bonchev–Trinajstić information content (AvgIpc) is 2.71. The third-order valence-electron chi connectivity index (χ3n) is 3.04. The first-order chi connectivity index (χ1) is 8.99. The number of hydrogen-bond acceptors (Lipinski definition) is 2. The van der Waals surface area contributed by atoms with Gasteiger partial charge in [0.15, 0.2) is 5.69 Å². The van der Waals surface area contributed by atoms with Crippen molar-refractivity contribution in [3.63, 3.8) is 0 Å². The minimum absolute atomic E-state index is 0.0779. The van der Waals surface area contributed by atoms with Crippen molar-refractivity contribution in [1.29, 1.82) is 0 Å². The van der Waals surface area contributed by atoms with Gasteiger partial charge in [-0.15, -0.1) is 0 Å². The maximum Gasteiger partial charge on any atom is 0.357 e. The number of carboxylic acid groups (broad SMARTS) is 1. The summed E-state index contributed by atoms with van der Waals surface area (Å²) >= 11 is 0. The largest absolute Gasteiger partial charge is 0.476 e. The topological polar surface area (TPSA) is 66.0 Å². The van der Waals surface area contributed by atoms with Crippen molar-refractivity contribution in [2.75, 3.05) is 0 Å². The van der Waals surface area contributed by atoms with E-state index >= 15 is 0 Å². The fourth-order valence-corrected chi connectivity index (χ4v) is 2.22. The van der Waals surface area contributed by atoms with Crippen molar-refractivity contribution in [3.05, 3.63) is 41.2 Å². The molecule has 1 aromatic carbocycles. The van der Waals surface area contributed by atoms with Crippen molar-refractivity contribution in [2.45, 2.75) is 27.2 Å². The third-order valence-corrected chi connectivity index (χ3v) is 3.04. The number of benzene rings is 1. The summed E-state index contributed by atoms with van der Waals surface area (Å²) in [7, 11) is 0. The zero-order valence-corrected chi connectivity index (χ0v) is 11.4. The molecule has 0 atom stereocenters. The van der Waals surface area contributed by atoms with Gasteiger partial charge in [-0.25, -0.2) is 4.79 Å². The molecule has 2 aromatic rings. The lowest BCUT2D eigenvalue weighted by atomic mass is 9.98. The molecule has 0 aliphatic carbocycles. The highest BCUT2D eigenvalue weighted by molar-refractivity contribution is 5.94. The Morgan fingerprint density at radius 1 is 1.32 bits per heavy atom. The van der Waals surface area contributed by atoms with Crippen LogP contribution in [0.5, 0.6) is 0 Å². The summed E-state index contributed by atoms with van der Waals surface area (Å²) < 4.78 is 0. The second-order valence-corrected chi connectivity index (χ2v) is 5.17. The lowest BCUT2D eigenvalue weighted by molar-refractivity contribution is 0.0691. The molecule has 4 nitrogen and oxygen atoms in total. The first-order valence-corrected chi connectivity index (χ1v) is 6.36. The minimum Gasteiger partial charge on any atom is -0.476 e. The average molecular weight is 258 g/mol. The van der Waals surface area contributed by atoms with Gasteiger partial charge in [-0.1, -0.05) is 38.1 Å². The van der Waals surface area contributed by atoms with Gasteiger partial charge in [0.05, 0.1) is 0 Å². The Labute approximate surface area is 112 Å². The Hall–Kier alpha value is -2.10. The summed E-state index contributed by atoms with van der Waals surface area (Å²) in [6, 6.07) is 8.02. The number of rotatable bonds is 4. The van der Waals surface area contributed by atoms with E-state index in [4.69, 9.17) is 5.11 Å². The van der Waals surface area contributed by atoms with Crippen LogP contribution in [0.3, 0.4) is 0 Å². The van der Waals surface area contributed by atoms with Gasteiger partial charge in [-0.05, 0) is 30.4 Å². The molecule has 0 radical (unpaired) electrons.